The second kappa shape index (κ2) is 9.56. The van der Waals surface area contributed by atoms with E-state index in [0.29, 0.717) is 22.6 Å². The average molecular weight is 444 g/mol. The Hall–Kier alpha value is -4.13. The quantitative estimate of drug-likeness (QED) is 0.540. The molecular formula is C26H24N2O5. The lowest BCUT2D eigenvalue weighted by molar-refractivity contribution is -0.125. The number of hydrogen-bond donors (Lipinski definition) is 1. The second-order valence-corrected chi connectivity index (χ2v) is 7.64. The van der Waals surface area contributed by atoms with Gasteiger partial charge >= 0.3 is 0 Å². The Balaban J connectivity index is 1.58. The zero-order valence-electron chi connectivity index (χ0n) is 18.4. The minimum atomic E-state index is -0.986. The first-order chi connectivity index (χ1) is 16.0. The number of fused-ring (bicyclic) bond motifs is 1. The summed E-state index contributed by atoms with van der Waals surface area (Å²) in [6, 6.07) is 20.3. The van der Waals surface area contributed by atoms with Gasteiger partial charge in [-0.25, -0.2) is 0 Å². The van der Waals surface area contributed by atoms with Crippen LogP contribution in [0.15, 0.2) is 72.8 Å². The number of amides is 3. The van der Waals surface area contributed by atoms with E-state index in [1.54, 1.807) is 50.6 Å². The van der Waals surface area contributed by atoms with Crippen molar-refractivity contribution in [3.05, 3.63) is 95.1 Å². The van der Waals surface area contributed by atoms with Gasteiger partial charge in [0, 0.05) is 13.0 Å². The summed E-state index contributed by atoms with van der Waals surface area (Å²) in [5.41, 5.74) is 2.27. The van der Waals surface area contributed by atoms with Gasteiger partial charge in [0.25, 0.3) is 11.8 Å². The number of ether oxygens (including phenoxy) is 2. The molecule has 0 bridgehead atoms. The van der Waals surface area contributed by atoms with E-state index in [0.717, 1.165) is 16.0 Å². The molecule has 0 unspecified atom stereocenters. The number of carbonyl (C=O) groups excluding carboxylic acids is 3. The van der Waals surface area contributed by atoms with Crippen LogP contribution in [0.4, 0.5) is 0 Å². The van der Waals surface area contributed by atoms with Crippen molar-refractivity contribution in [2.45, 2.75) is 19.0 Å². The summed E-state index contributed by atoms with van der Waals surface area (Å²) in [6.07, 6.45) is 0.212. The molecule has 0 aliphatic carbocycles. The van der Waals surface area contributed by atoms with Crippen LogP contribution in [0.25, 0.3) is 0 Å². The van der Waals surface area contributed by atoms with E-state index >= 15 is 0 Å². The van der Waals surface area contributed by atoms with Crippen LogP contribution in [0.1, 0.15) is 31.8 Å². The molecule has 0 radical (unpaired) electrons. The number of carbonyl (C=O) groups is 3. The van der Waals surface area contributed by atoms with Crippen molar-refractivity contribution in [3.8, 4) is 11.5 Å². The summed E-state index contributed by atoms with van der Waals surface area (Å²) in [7, 11) is 3.09. The lowest BCUT2D eigenvalue weighted by atomic mass is 10.0. The Labute approximate surface area is 191 Å². The second-order valence-electron chi connectivity index (χ2n) is 7.64. The number of nitrogens with zero attached hydrogens (tertiary/aromatic N) is 1. The molecule has 33 heavy (non-hydrogen) atoms. The van der Waals surface area contributed by atoms with Gasteiger partial charge in [0.05, 0.1) is 25.3 Å². The molecule has 1 N–H and O–H groups in total. The fourth-order valence-corrected chi connectivity index (χ4v) is 3.93. The van der Waals surface area contributed by atoms with Gasteiger partial charge in [-0.2, -0.15) is 0 Å². The topological polar surface area (TPSA) is 84.9 Å². The third kappa shape index (κ3) is 4.43. The Morgan fingerprint density at radius 2 is 1.42 bits per heavy atom. The zero-order chi connectivity index (χ0) is 23.4. The van der Waals surface area contributed by atoms with Crippen LogP contribution in [0.5, 0.6) is 11.5 Å². The van der Waals surface area contributed by atoms with E-state index in [-0.39, 0.29) is 13.0 Å². The van der Waals surface area contributed by atoms with Crippen LogP contribution in [-0.4, -0.2) is 42.9 Å². The fourth-order valence-electron chi connectivity index (χ4n) is 3.93. The summed E-state index contributed by atoms with van der Waals surface area (Å²) >= 11 is 0. The lowest BCUT2D eigenvalue weighted by Crippen LogP contribution is -2.50. The normalized spacial score (nSPS) is 13.5. The van der Waals surface area contributed by atoms with Gasteiger partial charge in [-0.05, 0) is 35.4 Å². The largest absolute Gasteiger partial charge is 0.493 e. The van der Waals surface area contributed by atoms with Crippen molar-refractivity contribution >= 4 is 17.7 Å². The maximum absolute atomic E-state index is 13.3. The van der Waals surface area contributed by atoms with E-state index < -0.39 is 23.8 Å². The van der Waals surface area contributed by atoms with Gasteiger partial charge in [0.2, 0.25) is 5.91 Å². The van der Waals surface area contributed by atoms with E-state index in [4.69, 9.17) is 9.47 Å². The Bertz CT molecular complexity index is 1160. The van der Waals surface area contributed by atoms with Crippen LogP contribution in [0.2, 0.25) is 0 Å². The Morgan fingerprint density at radius 3 is 2.03 bits per heavy atom. The highest BCUT2D eigenvalue weighted by Crippen LogP contribution is 2.28. The average Bonchev–Trinajstić information content (AvgIpc) is 3.11. The highest BCUT2D eigenvalue weighted by atomic mass is 16.5. The van der Waals surface area contributed by atoms with Crippen LogP contribution >= 0.6 is 0 Å². The lowest BCUT2D eigenvalue weighted by Gasteiger charge is -2.25. The summed E-state index contributed by atoms with van der Waals surface area (Å²) in [5, 5.41) is 2.87. The first kappa shape index (κ1) is 22.1. The molecule has 7 heteroatoms. The number of imide groups is 1. The number of hydrogen-bond acceptors (Lipinski definition) is 5. The van der Waals surface area contributed by atoms with Gasteiger partial charge in [-0.1, -0.05) is 48.5 Å². The molecule has 0 saturated carbocycles. The smallest absolute Gasteiger partial charge is 0.262 e. The molecule has 3 aromatic rings. The fraction of sp³-hybridized carbons (Fsp3) is 0.192. The first-order valence-corrected chi connectivity index (χ1v) is 10.5. The van der Waals surface area contributed by atoms with E-state index in [1.165, 1.54) is 0 Å². The van der Waals surface area contributed by atoms with Crippen LogP contribution in [0, 0.1) is 0 Å². The highest BCUT2D eigenvalue weighted by molar-refractivity contribution is 6.22. The zero-order valence-corrected chi connectivity index (χ0v) is 18.4. The van der Waals surface area contributed by atoms with E-state index in [2.05, 4.69) is 5.32 Å². The molecule has 0 fully saturated rings. The molecular weight excluding hydrogens is 420 g/mol. The van der Waals surface area contributed by atoms with Gasteiger partial charge in [-0.15, -0.1) is 0 Å². The predicted molar refractivity (Wildman–Crippen MR) is 122 cm³/mol. The molecule has 4 rings (SSSR count). The molecule has 3 aromatic carbocycles. The summed E-state index contributed by atoms with van der Waals surface area (Å²) in [4.78, 5) is 40.5. The number of rotatable bonds is 8. The molecule has 1 atom stereocenters. The summed E-state index contributed by atoms with van der Waals surface area (Å²) < 4.78 is 10.6. The maximum Gasteiger partial charge on any atom is 0.262 e. The summed E-state index contributed by atoms with van der Waals surface area (Å²) in [5.74, 6) is -0.204. The van der Waals surface area contributed by atoms with Crippen LogP contribution in [0.3, 0.4) is 0 Å². The van der Waals surface area contributed by atoms with Gasteiger partial charge in [0.1, 0.15) is 6.04 Å². The van der Waals surface area contributed by atoms with E-state index in [9.17, 15) is 14.4 Å². The van der Waals surface area contributed by atoms with Crippen molar-refractivity contribution in [2.24, 2.45) is 0 Å². The first-order valence-electron chi connectivity index (χ1n) is 10.5. The van der Waals surface area contributed by atoms with Crippen LogP contribution < -0.4 is 14.8 Å². The highest BCUT2D eigenvalue weighted by Gasteiger charge is 2.42. The van der Waals surface area contributed by atoms with Crippen molar-refractivity contribution in [1.29, 1.82) is 0 Å². The molecule has 7 nitrogen and oxygen atoms in total. The molecule has 1 heterocycles. The molecule has 0 aromatic heterocycles. The number of nitrogens with one attached hydrogen (secondary N) is 1. The third-order valence-electron chi connectivity index (χ3n) is 5.63. The number of methoxy groups -OCH3 is 2. The van der Waals surface area contributed by atoms with Crippen molar-refractivity contribution in [1.82, 2.24) is 10.2 Å². The van der Waals surface area contributed by atoms with Gasteiger partial charge < -0.3 is 14.8 Å². The molecule has 1 aliphatic heterocycles. The standard InChI is InChI=1S/C26H24N2O5/c1-32-22-13-12-18(15-23(22)33-2)16-27-24(29)21(14-17-8-4-3-5-9-17)28-25(30)19-10-6-7-11-20(19)26(28)31/h3-13,15,21H,14,16H2,1-2H3,(H,27,29)/t21-/m0/s1. The Kier molecular flexibility index (Phi) is 6.40. The number of benzene rings is 3. The molecule has 1 aliphatic rings. The maximum atomic E-state index is 13.3. The Morgan fingerprint density at radius 1 is 0.818 bits per heavy atom. The molecule has 0 saturated heterocycles. The third-order valence-corrected chi connectivity index (χ3v) is 5.63. The monoisotopic (exact) mass is 444 g/mol. The van der Waals surface area contributed by atoms with Crippen molar-refractivity contribution in [3.63, 3.8) is 0 Å². The molecule has 0 spiro atoms. The minimum absolute atomic E-state index is 0.202. The SMILES string of the molecule is COc1ccc(CNC(=O)[C@H](Cc2ccccc2)N2C(=O)c3ccccc3C2=O)cc1OC. The van der Waals surface area contributed by atoms with Crippen molar-refractivity contribution < 1.29 is 23.9 Å². The molecule has 168 valence electrons. The predicted octanol–water partition coefficient (Wildman–Crippen LogP) is 3.23. The van der Waals surface area contributed by atoms with E-state index in [1.807, 2.05) is 36.4 Å². The van der Waals surface area contributed by atoms with Gasteiger partial charge in [-0.3, -0.25) is 19.3 Å². The molecule has 3 amide bonds. The van der Waals surface area contributed by atoms with Crippen molar-refractivity contribution in [2.75, 3.05) is 14.2 Å². The minimum Gasteiger partial charge on any atom is -0.493 e. The van der Waals surface area contributed by atoms with Crippen LogP contribution in [-0.2, 0) is 17.8 Å². The van der Waals surface area contributed by atoms with Gasteiger partial charge in [0.15, 0.2) is 11.5 Å². The summed E-state index contributed by atoms with van der Waals surface area (Å²) in [6.45, 7) is 0.202.